The van der Waals surface area contributed by atoms with Crippen molar-refractivity contribution in [2.24, 2.45) is 0 Å². The lowest BCUT2D eigenvalue weighted by Crippen LogP contribution is -2.18. The van der Waals surface area contributed by atoms with Crippen molar-refractivity contribution in [1.82, 2.24) is 14.8 Å². The molecule has 3 aromatic rings. The standard InChI is InChI=1S/C24H27N5O3S/c1-4-14-29-21(15-22(30)25-18-10-12-19(32-3)13-11-18)27-28-24(29)33-16-23(31)26-20-9-7-6-8-17(20)5-2/h4,6-13H,1,5,14-16H2,2-3H3,(H,25,30)(H,26,31). The van der Waals surface area contributed by atoms with Gasteiger partial charge in [-0.25, -0.2) is 0 Å². The SMILES string of the molecule is C=CCn1c(CC(=O)Nc2ccc(OC)cc2)nnc1SCC(=O)Nc1ccccc1CC. The Labute approximate surface area is 197 Å². The van der Waals surface area contributed by atoms with Crippen LogP contribution in [0.1, 0.15) is 18.3 Å². The van der Waals surface area contributed by atoms with Gasteiger partial charge in [-0.2, -0.15) is 0 Å². The summed E-state index contributed by atoms with van der Waals surface area (Å²) >= 11 is 1.27. The predicted molar refractivity (Wildman–Crippen MR) is 131 cm³/mol. The number of benzene rings is 2. The number of carbonyl (C=O) groups excluding carboxylic acids is 2. The first-order chi connectivity index (χ1) is 16.0. The average molecular weight is 466 g/mol. The molecule has 0 aliphatic rings. The number of carbonyl (C=O) groups is 2. The zero-order valence-corrected chi connectivity index (χ0v) is 19.5. The summed E-state index contributed by atoms with van der Waals surface area (Å²) in [5, 5.41) is 14.7. The molecule has 2 aromatic carbocycles. The van der Waals surface area contributed by atoms with Gasteiger partial charge in [-0.3, -0.25) is 9.59 Å². The quantitative estimate of drug-likeness (QED) is 0.329. The Morgan fingerprint density at radius 1 is 1.09 bits per heavy atom. The third kappa shape index (κ3) is 6.69. The summed E-state index contributed by atoms with van der Waals surface area (Å²) in [6.07, 6.45) is 2.58. The van der Waals surface area contributed by atoms with Gasteiger partial charge >= 0.3 is 0 Å². The van der Waals surface area contributed by atoms with Crippen LogP contribution in [-0.2, 0) is 29.0 Å². The highest BCUT2D eigenvalue weighted by molar-refractivity contribution is 7.99. The van der Waals surface area contributed by atoms with Crippen molar-refractivity contribution in [1.29, 1.82) is 0 Å². The molecule has 0 saturated carbocycles. The van der Waals surface area contributed by atoms with Crippen molar-refractivity contribution in [3.8, 4) is 5.75 Å². The van der Waals surface area contributed by atoms with E-state index in [1.807, 2.05) is 31.2 Å². The molecule has 0 saturated heterocycles. The lowest BCUT2D eigenvalue weighted by atomic mass is 10.1. The Hall–Kier alpha value is -3.59. The van der Waals surface area contributed by atoms with Crippen LogP contribution in [0, 0.1) is 0 Å². The van der Waals surface area contributed by atoms with Crippen LogP contribution in [0.15, 0.2) is 66.3 Å². The number of para-hydroxylation sites is 1. The molecule has 0 radical (unpaired) electrons. The Morgan fingerprint density at radius 3 is 2.55 bits per heavy atom. The molecule has 2 N–H and O–H groups in total. The average Bonchev–Trinajstić information content (AvgIpc) is 3.19. The van der Waals surface area contributed by atoms with E-state index >= 15 is 0 Å². The number of nitrogens with one attached hydrogen (secondary N) is 2. The van der Waals surface area contributed by atoms with Gasteiger partial charge in [-0.05, 0) is 42.3 Å². The van der Waals surface area contributed by atoms with Crippen LogP contribution in [0.3, 0.4) is 0 Å². The first-order valence-corrected chi connectivity index (χ1v) is 11.5. The monoisotopic (exact) mass is 465 g/mol. The highest BCUT2D eigenvalue weighted by atomic mass is 32.2. The molecule has 0 spiro atoms. The van der Waals surface area contributed by atoms with E-state index in [0.29, 0.717) is 29.0 Å². The lowest BCUT2D eigenvalue weighted by molar-refractivity contribution is -0.116. The lowest BCUT2D eigenvalue weighted by Gasteiger charge is -2.10. The van der Waals surface area contributed by atoms with Crippen molar-refractivity contribution < 1.29 is 14.3 Å². The molecule has 0 fully saturated rings. The second kappa shape index (κ2) is 11.9. The Bertz CT molecular complexity index is 1110. The largest absolute Gasteiger partial charge is 0.497 e. The normalized spacial score (nSPS) is 10.5. The van der Waals surface area contributed by atoms with E-state index in [-0.39, 0.29) is 24.0 Å². The number of rotatable bonds is 11. The van der Waals surface area contributed by atoms with Crippen molar-refractivity contribution in [3.05, 3.63) is 72.6 Å². The van der Waals surface area contributed by atoms with Crippen LogP contribution in [0.5, 0.6) is 5.75 Å². The molecule has 172 valence electrons. The Balaban J connectivity index is 1.61. The van der Waals surface area contributed by atoms with Crippen molar-refractivity contribution in [2.75, 3.05) is 23.5 Å². The summed E-state index contributed by atoms with van der Waals surface area (Å²) in [7, 11) is 1.59. The zero-order chi connectivity index (χ0) is 23.6. The van der Waals surface area contributed by atoms with Crippen LogP contribution >= 0.6 is 11.8 Å². The first kappa shape index (κ1) is 24.1. The van der Waals surface area contributed by atoms with Gasteiger partial charge in [0.25, 0.3) is 0 Å². The molecule has 0 bridgehead atoms. The number of methoxy groups -OCH3 is 1. The fourth-order valence-electron chi connectivity index (χ4n) is 3.16. The molecular weight excluding hydrogens is 438 g/mol. The first-order valence-electron chi connectivity index (χ1n) is 10.5. The number of nitrogens with zero attached hydrogens (tertiary/aromatic N) is 3. The molecule has 8 nitrogen and oxygen atoms in total. The van der Waals surface area contributed by atoms with Crippen molar-refractivity contribution >= 4 is 35.0 Å². The van der Waals surface area contributed by atoms with Crippen LogP contribution in [0.2, 0.25) is 0 Å². The van der Waals surface area contributed by atoms with Gasteiger partial charge in [0.2, 0.25) is 11.8 Å². The van der Waals surface area contributed by atoms with Crippen LogP contribution in [-0.4, -0.2) is 39.4 Å². The van der Waals surface area contributed by atoms with Crippen LogP contribution < -0.4 is 15.4 Å². The van der Waals surface area contributed by atoms with Gasteiger partial charge < -0.3 is 19.9 Å². The van der Waals surface area contributed by atoms with Gasteiger partial charge in [0.15, 0.2) is 5.16 Å². The molecule has 0 unspecified atom stereocenters. The number of aromatic nitrogens is 3. The molecule has 0 atom stereocenters. The van der Waals surface area contributed by atoms with Gasteiger partial charge in [0.1, 0.15) is 11.6 Å². The highest BCUT2D eigenvalue weighted by Crippen LogP contribution is 2.20. The summed E-state index contributed by atoms with van der Waals surface area (Å²) in [5.74, 6) is 1.03. The molecule has 2 amide bonds. The van der Waals surface area contributed by atoms with E-state index in [1.165, 1.54) is 11.8 Å². The second-order valence-corrected chi connectivity index (χ2v) is 8.04. The molecule has 0 aliphatic carbocycles. The van der Waals surface area contributed by atoms with E-state index in [0.717, 1.165) is 17.7 Å². The summed E-state index contributed by atoms with van der Waals surface area (Å²) in [6.45, 7) is 6.25. The molecular formula is C24H27N5O3S. The topological polar surface area (TPSA) is 98.1 Å². The number of ether oxygens (including phenoxy) is 1. The molecule has 1 aromatic heterocycles. The summed E-state index contributed by atoms with van der Waals surface area (Å²) < 4.78 is 6.92. The minimum Gasteiger partial charge on any atom is -0.497 e. The van der Waals surface area contributed by atoms with Gasteiger partial charge in [-0.1, -0.05) is 43.0 Å². The maximum absolute atomic E-state index is 12.5. The van der Waals surface area contributed by atoms with Crippen molar-refractivity contribution in [2.45, 2.75) is 31.5 Å². The van der Waals surface area contributed by atoms with E-state index in [9.17, 15) is 9.59 Å². The summed E-state index contributed by atoms with van der Waals surface area (Å²) in [5.41, 5.74) is 2.55. The third-order valence-electron chi connectivity index (χ3n) is 4.80. The highest BCUT2D eigenvalue weighted by Gasteiger charge is 2.17. The van der Waals surface area contributed by atoms with Crippen molar-refractivity contribution in [3.63, 3.8) is 0 Å². The Morgan fingerprint density at radius 2 is 1.85 bits per heavy atom. The maximum atomic E-state index is 12.5. The second-order valence-electron chi connectivity index (χ2n) is 7.10. The predicted octanol–water partition coefficient (Wildman–Crippen LogP) is 3.95. The summed E-state index contributed by atoms with van der Waals surface area (Å²) in [4.78, 5) is 25.0. The van der Waals surface area contributed by atoms with E-state index in [4.69, 9.17) is 4.74 Å². The molecule has 0 aliphatic heterocycles. The number of allylic oxidation sites excluding steroid dienone is 1. The zero-order valence-electron chi connectivity index (χ0n) is 18.7. The van der Waals surface area contributed by atoms with Gasteiger partial charge in [-0.15, -0.1) is 16.8 Å². The number of amides is 2. The fourth-order valence-corrected chi connectivity index (χ4v) is 3.93. The number of hydrogen-bond donors (Lipinski definition) is 2. The van der Waals surface area contributed by atoms with E-state index in [2.05, 4.69) is 27.4 Å². The molecule has 1 heterocycles. The van der Waals surface area contributed by atoms with E-state index in [1.54, 1.807) is 42.0 Å². The number of aryl methyl sites for hydroxylation is 1. The molecule has 9 heteroatoms. The molecule has 3 rings (SSSR count). The number of hydrogen-bond acceptors (Lipinski definition) is 6. The summed E-state index contributed by atoms with van der Waals surface area (Å²) in [6, 6.07) is 14.8. The van der Waals surface area contributed by atoms with Gasteiger partial charge in [0.05, 0.1) is 19.3 Å². The number of thioether (sulfide) groups is 1. The van der Waals surface area contributed by atoms with Gasteiger partial charge in [0, 0.05) is 17.9 Å². The minimum atomic E-state index is -0.219. The number of anilines is 2. The smallest absolute Gasteiger partial charge is 0.234 e. The minimum absolute atomic E-state index is 0.0451. The third-order valence-corrected chi connectivity index (χ3v) is 5.77. The molecule has 33 heavy (non-hydrogen) atoms. The maximum Gasteiger partial charge on any atom is 0.234 e. The van der Waals surface area contributed by atoms with Crippen LogP contribution in [0.25, 0.3) is 0 Å². The van der Waals surface area contributed by atoms with Crippen LogP contribution in [0.4, 0.5) is 11.4 Å². The Kier molecular flexibility index (Phi) is 8.65. The van der Waals surface area contributed by atoms with E-state index < -0.39 is 0 Å². The fraction of sp³-hybridized carbons (Fsp3) is 0.250.